The van der Waals surface area contributed by atoms with Gasteiger partial charge in [0, 0.05) is 43.3 Å². The quantitative estimate of drug-likeness (QED) is 0.492. The van der Waals surface area contributed by atoms with Gasteiger partial charge in [-0.25, -0.2) is 9.50 Å². The summed E-state index contributed by atoms with van der Waals surface area (Å²) < 4.78 is 13.3. The van der Waals surface area contributed by atoms with E-state index >= 15 is 0 Å². The minimum absolute atomic E-state index is 0.185. The van der Waals surface area contributed by atoms with Gasteiger partial charge in [-0.05, 0) is 36.4 Å². The van der Waals surface area contributed by atoms with Gasteiger partial charge in [-0.1, -0.05) is 0 Å². The Morgan fingerprint density at radius 1 is 1.06 bits per heavy atom. The number of carbonyl (C=O) groups excluding carboxylic acids is 1. The van der Waals surface area contributed by atoms with Crippen molar-refractivity contribution >= 4 is 11.4 Å². The van der Waals surface area contributed by atoms with Gasteiger partial charge < -0.3 is 19.4 Å². The van der Waals surface area contributed by atoms with Crippen molar-refractivity contribution in [3.63, 3.8) is 0 Å². The van der Waals surface area contributed by atoms with Crippen LogP contribution in [0.15, 0.2) is 65.8 Å². The molecule has 0 unspecified atom stereocenters. The summed E-state index contributed by atoms with van der Waals surface area (Å²) in [7, 11) is 3.12. The van der Waals surface area contributed by atoms with Crippen LogP contribution in [0.1, 0.15) is 10.4 Å². The highest BCUT2D eigenvalue weighted by molar-refractivity contribution is 5.93. The molecule has 3 aromatic heterocycles. The Balaban J connectivity index is 1.46. The number of rotatable bonds is 7. The first kappa shape index (κ1) is 20.1. The zero-order valence-electron chi connectivity index (χ0n) is 17.1. The molecule has 31 heavy (non-hydrogen) atoms. The number of hydrogen-bond acceptors (Lipinski definition) is 6. The lowest BCUT2D eigenvalue weighted by molar-refractivity contribution is 0.0951. The van der Waals surface area contributed by atoms with Crippen LogP contribution in [0.25, 0.3) is 16.8 Å². The molecule has 0 atom stereocenters. The van der Waals surface area contributed by atoms with Gasteiger partial charge >= 0.3 is 0 Å². The molecule has 0 fully saturated rings. The van der Waals surface area contributed by atoms with Crippen molar-refractivity contribution in [1.29, 1.82) is 0 Å². The zero-order chi connectivity index (χ0) is 21.8. The van der Waals surface area contributed by atoms with Crippen LogP contribution >= 0.6 is 0 Å². The fourth-order valence-electron chi connectivity index (χ4n) is 3.13. The van der Waals surface area contributed by atoms with Gasteiger partial charge in [0.1, 0.15) is 11.3 Å². The Labute approximate surface area is 177 Å². The Morgan fingerprint density at radius 2 is 1.87 bits per heavy atom. The zero-order valence-corrected chi connectivity index (χ0v) is 17.1. The van der Waals surface area contributed by atoms with Crippen molar-refractivity contribution in [1.82, 2.24) is 24.5 Å². The standard InChI is InChI=1S/C22H21N5O4/c1-30-17-6-3-15(4-7-17)18-13-19-22(29)26(11-12-27(19)25-18)10-9-23-21(28)16-5-8-20(31-2)24-14-16/h3-8,11-14H,9-10H2,1-2H3,(H,23,28). The fraction of sp³-hybridized carbons (Fsp3) is 0.182. The van der Waals surface area contributed by atoms with Crippen LogP contribution in [-0.2, 0) is 6.54 Å². The van der Waals surface area contributed by atoms with Gasteiger partial charge in [-0.3, -0.25) is 9.59 Å². The number of nitrogens with zero attached hydrogens (tertiary/aromatic N) is 4. The summed E-state index contributed by atoms with van der Waals surface area (Å²) in [4.78, 5) is 29.1. The number of nitrogens with one attached hydrogen (secondary N) is 1. The molecule has 0 saturated heterocycles. The van der Waals surface area contributed by atoms with Gasteiger partial charge in [-0.15, -0.1) is 0 Å². The number of carbonyl (C=O) groups is 1. The van der Waals surface area contributed by atoms with E-state index in [0.717, 1.165) is 11.3 Å². The first-order chi connectivity index (χ1) is 15.1. The van der Waals surface area contributed by atoms with E-state index in [1.165, 1.54) is 13.3 Å². The number of aromatic nitrogens is 4. The number of fused-ring (bicyclic) bond motifs is 1. The van der Waals surface area contributed by atoms with Gasteiger partial charge in [0.15, 0.2) is 0 Å². The summed E-state index contributed by atoms with van der Waals surface area (Å²) in [5.74, 6) is 0.920. The SMILES string of the molecule is COc1ccc(-c2cc3c(=O)n(CCNC(=O)c4ccc(OC)nc4)ccn3n2)cc1. The minimum atomic E-state index is -0.268. The topological polar surface area (TPSA) is 99.8 Å². The molecule has 0 spiro atoms. The van der Waals surface area contributed by atoms with E-state index in [-0.39, 0.29) is 11.5 Å². The molecule has 9 nitrogen and oxygen atoms in total. The third-order valence-corrected chi connectivity index (χ3v) is 4.84. The number of hydrogen-bond donors (Lipinski definition) is 1. The van der Waals surface area contributed by atoms with Crippen LogP contribution in [0.2, 0.25) is 0 Å². The third-order valence-electron chi connectivity index (χ3n) is 4.84. The lowest BCUT2D eigenvalue weighted by atomic mass is 10.1. The Morgan fingerprint density at radius 3 is 2.55 bits per heavy atom. The molecule has 3 heterocycles. The highest BCUT2D eigenvalue weighted by Gasteiger charge is 2.10. The first-order valence-electron chi connectivity index (χ1n) is 9.60. The lowest BCUT2D eigenvalue weighted by Gasteiger charge is -2.08. The van der Waals surface area contributed by atoms with Crippen LogP contribution in [0.4, 0.5) is 0 Å². The molecule has 9 heteroatoms. The Kier molecular flexibility index (Phi) is 5.65. The number of ether oxygens (including phenoxy) is 2. The maximum atomic E-state index is 12.8. The number of amides is 1. The minimum Gasteiger partial charge on any atom is -0.497 e. The number of methoxy groups -OCH3 is 2. The molecule has 0 aliphatic rings. The summed E-state index contributed by atoms with van der Waals surface area (Å²) in [6.07, 6.45) is 4.82. The van der Waals surface area contributed by atoms with Crippen LogP contribution in [-0.4, -0.2) is 45.8 Å². The van der Waals surface area contributed by atoms with Gasteiger partial charge in [0.2, 0.25) is 5.88 Å². The van der Waals surface area contributed by atoms with Crippen molar-refractivity contribution < 1.29 is 14.3 Å². The second kappa shape index (κ2) is 8.70. The summed E-state index contributed by atoms with van der Waals surface area (Å²) in [5.41, 5.74) is 2.27. The van der Waals surface area contributed by atoms with Crippen LogP contribution in [0.5, 0.6) is 11.6 Å². The molecule has 0 aliphatic carbocycles. The second-order valence-corrected chi connectivity index (χ2v) is 6.73. The molecule has 4 aromatic rings. The van der Waals surface area contributed by atoms with Crippen molar-refractivity contribution in [2.75, 3.05) is 20.8 Å². The predicted molar refractivity (Wildman–Crippen MR) is 115 cm³/mol. The molecule has 158 valence electrons. The number of benzene rings is 1. The average Bonchev–Trinajstić information content (AvgIpc) is 3.26. The molecule has 1 aromatic carbocycles. The monoisotopic (exact) mass is 419 g/mol. The third kappa shape index (κ3) is 4.25. The molecule has 0 radical (unpaired) electrons. The summed E-state index contributed by atoms with van der Waals surface area (Å²) in [6.45, 7) is 0.619. The molecular weight excluding hydrogens is 398 g/mol. The molecule has 0 aliphatic heterocycles. The number of pyridine rings is 1. The van der Waals surface area contributed by atoms with Crippen molar-refractivity contribution in [2.45, 2.75) is 6.54 Å². The van der Waals surface area contributed by atoms with Crippen molar-refractivity contribution in [2.24, 2.45) is 0 Å². The van der Waals surface area contributed by atoms with Crippen LogP contribution in [0.3, 0.4) is 0 Å². The van der Waals surface area contributed by atoms with E-state index in [1.807, 2.05) is 24.3 Å². The van der Waals surface area contributed by atoms with Crippen molar-refractivity contribution in [3.8, 4) is 22.9 Å². The van der Waals surface area contributed by atoms with Crippen LogP contribution < -0.4 is 20.3 Å². The molecule has 4 rings (SSSR count). The highest BCUT2D eigenvalue weighted by atomic mass is 16.5. The van der Waals surface area contributed by atoms with Gasteiger partial charge in [0.25, 0.3) is 11.5 Å². The molecule has 1 amide bonds. The maximum absolute atomic E-state index is 12.8. The Hall–Kier alpha value is -4.14. The van der Waals surface area contributed by atoms with E-state index in [9.17, 15) is 9.59 Å². The van der Waals surface area contributed by atoms with Crippen molar-refractivity contribution in [3.05, 3.63) is 77.0 Å². The maximum Gasteiger partial charge on any atom is 0.276 e. The Bertz CT molecular complexity index is 1260. The van der Waals surface area contributed by atoms with Gasteiger partial charge in [0.05, 0.1) is 25.5 Å². The van der Waals surface area contributed by atoms with Crippen LogP contribution in [0, 0.1) is 0 Å². The average molecular weight is 419 g/mol. The summed E-state index contributed by atoms with van der Waals surface area (Å²) >= 11 is 0. The van der Waals surface area contributed by atoms with E-state index < -0.39 is 0 Å². The first-order valence-corrected chi connectivity index (χ1v) is 9.60. The van der Waals surface area contributed by atoms with E-state index in [4.69, 9.17) is 9.47 Å². The normalized spacial score (nSPS) is 10.8. The second-order valence-electron chi connectivity index (χ2n) is 6.73. The molecule has 1 N–H and O–H groups in total. The largest absolute Gasteiger partial charge is 0.497 e. The van der Waals surface area contributed by atoms with E-state index in [0.29, 0.717) is 35.7 Å². The molecule has 0 bridgehead atoms. The molecule has 0 saturated carbocycles. The van der Waals surface area contributed by atoms with E-state index in [1.54, 1.807) is 46.8 Å². The van der Waals surface area contributed by atoms with Gasteiger partial charge in [-0.2, -0.15) is 5.10 Å². The van der Waals surface area contributed by atoms with E-state index in [2.05, 4.69) is 15.4 Å². The summed E-state index contributed by atoms with van der Waals surface area (Å²) in [6, 6.07) is 12.5. The summed E-state index contributed by atoms with van der Waals surface area (Å²) in [5, 5.41) is 7.27. The highest BCUT2D eigenvalue weighted by Crippen LogP contribution is 2.21. The smallest absolute Gasteiger partial charge is 0.276 e. The molecular formula is C22H21N5O4. The predicted octanol–water partition coefficient (Wildman–Crippen LogP) is 2.01. The fourth-order valence-corrected chi connectivity index (χ4v) is 3.13. The lowest BCUT2D eigenvalue weighted by Crippen LogP contribution is -2.31.